The Kier molecular flexibility index (Phi) is 16.4. The number of hydrogen-bond acceptors (Lipinski definition) is 4. The highest BCUT2D eigenvalue weighted by Gasteiger charge is 2.18. The number of carbonyl (C=O) groups is 2. The molecule has 0 fully saturated rings. The minimum Gasteiger partial charge on any atom is -0.326 e. The number of carbonyl (C=O) groups excluding carboxylic acids is 2. The van der Waals surface area contributed by atoms with Crippen molar-refractivity contribution in [2.75, 3.05) is 10.6 Å². The maximum absolute atomic E-state index is 13.1. The summed E-state index contributed by atoms with van der Waals surface area (Å²) in [5.74, 6) is -0.131. The standard InChI is InChI=1S/C34H48N2O4S/c1-3-5-7-9-11-13-15-17-19-33(37)35-29-21-25-31(26-22-29)41(39,40)32-27-23-30(24-28-32)36-34(38)20-18-16-14-12-10-8-6-4-2/h3-4,21-28H,1-2,5-20H2,(H,35,37)(H,36,38). The normalized spacial score (nSPS) is 11.1. The van der Waals surface area contributed by atoms with E-state index in [1.54, 1.807) is 24.3 Å². The van der Waals surface area contributed by atoms with Crippen LogP contribution in [0.15, 0.2) is 83.6 Å². The van der Waals surface area contributed by atoms with Gasteiger partial charge in [-0.1, -0.05) is 63.5 Å². The Morgan fingerprint density at radius 2 is 0.854 bits per heavy atom. The minimum absolute atomic E-state index is 0.0656. The second-order valence-electron chi connectivity index (χ2n) is 10.5. The molecular weight excluding hydrogens is 532 g/mol. The van der Waals surface area contributed by atoms with Crippen molar-refractivity contribution in [2.45, 2.75) is 113 Å². The zero-order valence-corrected chi connectivity index (χ0v) is 25.4. The third kappa shape index (κ3) is 13.8. The lowest BCUT2D eigenvalue weighted by Crippen LogP contribution is -2.11. The number of nitrogens with one attached hydrogen (secondary N) is 2. The van der Waals surface area contributed by atoms with Gasteiger partial charge in [0.1, 0.15) is 0 Å². The van der Waals surface area contributed by atoms with E-state index in [1.807, 2.05) is 12.2 Å². The van der Waals surface area contributed by atoms with Gasteiger partial charge in [-0.25, -0.2) is 8.42 Å². The van der Waals surface area contributed by atoms with E-state index in [0.717, 1.165) is 51.4 Å². The molecule has 41 heavy (non-hydrogen) atoms. The van der Waals surface area contributed by atoms with Crippen molar-refractivity contribution in [1.82, 2.24) is 0 Å². The van der Waals surface area contributed by atoms with E-state index >= 15 is 0 Å². The van der Waals surface area contributed by atoms with Crippen LogP contribution in [0.25, 0.3) is 0 Å². The summed E-state index contributed by atoms with van der Waals surface area (Å²) in [7, 11) is -3.72. The van der Waals surface area contributed by atoms with Crippen LogP contribution in [-0.4, -0.2) is 20.2 Å². The van der Waals surface area contributed by atoms with Crippen LogP contribution < -0.4 is 10.6 Å². The molecule has 0 saturated heterocycles. The molecule has 0 atom stereocenters. The Morgan fingerprint density at radius 1 is 0.537 bits per heavy atom. The van der Waals surface area contributed by atoms with Crippen LogP contribution in [0.2, 0.25) is 0 Å². The molecule has 7 heteroatoms. The highest BCUT2D eigenvalue weighted by atomic mass is 32.2. The Balaban J connectivity index is 1.74. The number of unbranched alkanes of at least 4 members (excludes halogenated alkanes) is 12. The third-order valence-corrected chi connectivity index (χ3v) is 8.81. The number of hydrogen-bond donors (Lipinski definition) is 2. The molecule has 0 heterocycles. The highest BCUT2D eigenvalue weighted by Crippen LogP contribution is 2.24. The molecule has 0 saturated carbocycles. The zero-order chi connectivity index (χ0) is 29.8. The Bertz CT molecular complexity index is 1080. The molecule has 0 aliphatic rings. The van der Waals surface area contributed by atoms with E-state index in [4.69, 9.17) is 0 Å². The molecule has 0 spiro atoms. The fourth-order valence-electron chi connectivity index (χ4n) is 4.58. The molecule has 0 aliphatic heterocycles. The summed E-state index contributed by atoms with van der Waals surface area (Å²) in [6.07, 6.45) is 20.0. The van der Waals surface area contributed by atoms with Crippen LogP contribution in [0.3, 0.4) is 0 Å². The lowest BCUT2D eigenvalue weighted by Gasteiger charge is -2.09. The van der Waals surface area contributed by atoms with Crippen LogP contribution in [-0.2, 0) is 19.4 Å². The maximum Gasteiger partial charge on any atom is 0.224 e. The van der Waals surface area contributed by atoms with Crippen molar-refractivity contribution in [3.8, 4) is 0 Å². The smallest absolute Gasteiger partial charge is 0.224 e. The predicted molar refractivity (Wildman–Crippen MR) is 170 cm³/mol. The van der Waals surface area contributed by atoms with Gasteiger partial charge in [-0.2, -0.15) is 0 Å². The quantitative estimate of drug-likeness (QED) is 0.107. The monoisotopic (exact) mass is 580 g/mol. The average molecular weight is 581 g/mol. The summed E-state index contributed by atoms with van der Waals surface area (Å²) < 4.78 is 26.2. The van der Waals surface area contributed by atoms with Gasteiger partial charge in [-0.05, 0) is 87.1 Å². The van der Waals surface area contributed by atoms with Crippen LogP contribution >= 0.6 is 0 Å². The van der Waals surface area contributed by atoms with Gasteiger partial charge in [0.2, 0.25) is 21.7 Å². The van der Waals surface area contributed by atoms with Gasteiger partial charge in [-0.3, -0.25) is 9.59 Å². The molecule has 2 amide bonds. The number of amides is 2. The molecule has 0 aromatic heterocycles. The van der Waals surface area contributed by atoms with Crippen molar-refractivity contribution in [2.24, 2.45) is 0 Å². The summed E-state index contributed by atoms with van der Waals surface area (Å²) in [5, 5.41) is 5.70. The van der Waals surface area contributed by atoms with E-state index in [9.17, 15) is 18.0 Å². The van der Waals surface area contributed by atoms with E-state index in [2.05, 4.69) is 23.8 Å². The number of sulfone groups is 1. The first-order chi connectivity index (χ1) is 19.9. The topological polar surface area (TPSA) is 92.3 Å². The van der Waals surface area contributed by atoms with Crippen LogP contribution in [0.5, 0.6) is 0 Å². The first-order valence-electron chi connectivity index (χ1n) is 15.1. The maximum atomic E-state index is 13.1. The second-order valence-corrected chi connectivity index (χ2v) is 12.5. The molecule has 2 aromatic rings. The van der Waals surface area contributed by atoms with Gasteiger partial charge in [-0.15, -0.1) is 13.2 Å². The lowest BCUT2D eigenvalue weighted by atomic mass is 10.1. The largest absolute Gasteiger partial charge is 0.326 e. The van der Waals surface area contributed by atoms with E-state index in [1.165, 1.54) is 62.8 Å². The molecule has 224 valence electrons. The van der Waals surface area contributed by atoms with Gasteiger partial charge in [0, 0.05) is 24.2 Å². The van der Waals surface area contributed by atoms with Gasteiger partial charge >= 0.3 is 0 Å². The molecule has 2 rings (SSSR count). The first-order valence-corrected chi connectivity index (χ1v) is 16.6. The molecular formula is C34H48N2O4S. The molecule has 0 aliphatic carbocycles. The first kappa shape index (κ1) is 34.0. The summed E-state index contributed by atoms with van der Waals surface area (Å²) in [6, 6.07) is 12.5. The lowest BCUT2D eigenvalue weighted by molar-refractivity contribution is -0.117. The number of benzene rings is 2. The number of anilines is 2. The number of rotatable bonds is 22. The number of allylic oxidation sites excluding steroid dienone is 2. The predicted octanol–water partition coefficient (Wildman–Crippen LogP) is 9.01. The van der Waals surface area contributed by atoms with Crippen molar-refractivity contribution in [3.63, 3.8) is 0 Å². The van der Waals surface area contributed by atoms with Crippen molar-refractivity contribution < 1.29 is 18.0 Å². The fourth-order valence-corrected chi connectivity index (χ4v) is 5.84. The second kappa shape index (κ2) is 19.8. The Labute approximate surface area is 247 Å². The van der Waals surface area contributed by atoms with Crippen molar-refractivity contribution in [3.05, 3.63) is 73.8 Å². The van der Waals surface area contributed by atoms with E-state index in [0.29, 0.717) is 24.2 Å². The van der Waals surface area contributed by atoms with Gasteiger partial charge in [0.05, 0.1) is 9.79 Å². The fraction of sp³-hybridized carbons (Fsp3) is 0.471. The summed E-state index contributed by atoms with van der Waals surface area (Å²) in [4.78, 5) is 24.8. The SMILES string of the molecule is C=CCCCCCCCCC(=O)Nc1ccc(S(=O)(=O)c2ccc(NC(=O)CCCCCCCCC=C)cc2)cc1. The molecule has 0 radical (unpaired) electrons. The Hall–Kier alpha value is -3.19. The highest BCUT2D eigenvalue weighted by molar-refractivity contribution is 7.91. The van der Waals surface area contributed by atoms with E-state index < -0.39 is 9.84 Å². The molecule has 0 bridgehead atoms. The van der Waals surface area contributed by atoms with Crippen molar-refractivity contribution >= 4 is 33.0 Å². The van der Waals surface area contributed by atoms with Crippen LogP contribution in [0, 0.1) is 0 Å². The molecule has 2 aromatic carbocycles. The van der Waals surface area contributed by atoms with Crippen LogP contribution in [0.1, 0.15) is 103 Å². The summed E-state index contributed by atoms with van der Waals surface area (Å²) >= 11 is 0. The van der Waals surface area contributed by atoms with Crippen LogP contribution in [0.4, 0.5) is 11.4 Å². The average Bonchev–Trinajstić information content (AvgIpc) is 2.96. The summed E-state index contributed by atoms with van der Waals surface area (Å²) in [6.45, 7) is 7.47. The molecule has 6 nitrogen and oxygen atoms in total. The zero-order valence-electron chi connectivity index (χ0n) is 24.5. The van der Waals surface area contributed by atoms with Crippen molar-refractivity contribution in [1.29, 1.82) is 0 Å². The van der Waals surface area contributed by atoms with E-state index in [-0.39, 0.29) is 21.6 Å². The molecule has 2 N–H and O–H groups in total. The Morgan fingerprint density at radius 3 is 1.20 bits per heavy atom. The minimum atomic E-state index is -3.72. The van der Waals surface area contributed by atoms with Gasteiger partial charge in [0.15, 0.2) is 0 Å². The third-order valence-electron chi connectivity index (χ3n) is 7.02. The summed E-state index contributed by atoms with van der Waals surface area (Å²) in [5.41, 5.74) is 1.15. The van der Waals surface area contributed by atoms with Gasteiger partial charge in [0.25, 0.3) is 0 Å². The molecule has 0 unspecified atom stereocenters. The van der Waals surface area contributed by atoms with Gasteiger partial charge < -0.3 is 10.6 Å².